The van der Waals surface area contributed by atoms with Crippen molar-refractivity contribution < 1.29 is 28.6 Å². The molecular formula is C25H26N2O6. The Morgan fingerprint density at radius 2 is 1.91 bits per heavy atom. The van der Waals surface area contributed by atoms with E-state index < -0.39 is 41.3 Å². The quantitative estimate of drug-likeness (QED) is 0.524. The second-order valence-electron chi connectivity index (χ2n) is 8.83. The maximum atomic E-state index is 13.9. The van der Waals surface area contributed by atoms with Gasteiger partial charge in [0, 0.05) is 11.5 Å². The molecular weight excluding hydrogens is 424 g/mol. The molecule has 0 radical (unpaired) electrons. The van der Waals surface area contributed by atoms with E-state index in [1.807, 2.05) is 25.1 Å². The van der Waals surface area contributed by atoms with Crippen LogP contribution in [-0.4, -0.2) is 48.7 Å². The summed E-state index contributed by atoms with van der Waals surface area (Å²) in [6.45, 7) is 5.77. The molecule has 4 unspecified atom stereocenters. The molecule has 0 saturated carbocycles. The summed E-state index contributed by atoms with van der Waals surface area (Å²) in [4.78, 5) is 43.7. The molecule has 0 N–H and O–H groups in total. The SMILES string of the molecule is CCOC(=O)C1C2COc3ccc(C)cc3C2N2C(=O)N(c3ccc(OC)cc3)C(=O)C12C. The first kappa shape index (κ1) is 21.3. The fourth-order valence-corrected chi connectivity index (χ4v) is 5.57. The molecule has 0 bridgehead atoms. The highest BCUT2D eigenvalue weighted by molar-refractivity contribution is 6.24. The molecule has 2 aromatic rings. The summed E-state index contributed by atoms with van der Waals surface area (Å²) in [5.41, 5.74) is 0.844. The van der Waals surface area contributed by atoms with Gasteiger partial charge in [0.1, 0.15) is 17.0 Å². The fourth-order valence-electron chi connectivity index (χ4n) is 5.57. The second-order valence-corrected chi connectivity index (χ2v) is 8.83. The van der Waals surface area contributed by atoms with Gasteiger partial charge in [0.2, 0.25) is 0 Å². The van der Waals surface area contributed by atoms with E-state index in [0.29, 0.717) is 17.2 Å². The Hall–Kier alpha value is -3.55. The van der Waals surface area contributed by atoms with Crippen molar-refractivity contribution in [1.82, 2.24) is 4.90 Å². The number of carbonyl (C=O) groups excluding carboxylic acids is 3. The number of amides is 3. The molecule has 2 saturated heterocycles. The van der Waals surface area contributed by atoms with E-state index in [2.05, 4.69) is 0 Å². The summed E-state index contributed by atoms with van der Waals surface area (Å²) >= 11 is 0. The summed E-state index contributed by atoms with van der Waals surface area (Å²) < 4.78 is 16.6. The van der Waals surface area contributed by atoms with Crippen LogP contribution in [0.25, 0.3) is 0 Å². The smallest absolute Gasteiger partial charge is 0.332 e. The summed E-state index contributed by atoms with van der Waals surface area (Å²) in [6.07, 6.45) is 0. The summed E-state index contributed by atoms with van der Waals surface area (Å²) in [5.74, 6) is -0.904. The van der Waals surface area contributed by atoms with Gasteiger partial charge in [0.15, 0.2) is 0 Å². The zero-order valence-corrected chi connectivity index (χ0v) is 19.0. The van der Waals surface area contributed by atoms with Crippen LogP contribution in [0, 0.1) is 18.8 Å². The van der Waals surface area contributed by atoms with Gasteiger partial charge < -0.3 is 19.1 Å². The van der Waals surface area contributed by atoms with E-state index in [1.165, 1.54) is 0 Å². The maximum absolute atomic E-state index is 13.9. The molecule has 3 heterocycles. The Morgan fingerprint density at radius 3 is 2.58 bits per heavy atom. The van der Waals surface area contributed by atoms with E-state index in [4.69, 9.17) is 14.2 Å². The zero-order chi connectivity index (χ0) is 23.5. The number of methoxy groups -OCH3 is 1. The second kappa shape index (κ2) is 7.50. The Labute approximate surface area is 192 Å². The van der Waals surface area contributed by atoms with Gasteiger partial charge in [-0.3, -0.25) is 9.59 Å². The normalized spacial score (nSPS) is 27.6. The van der Waals surface area contributed by atoms with Crippen LogP contribution in [0.1, 0.15) is 31.0 Å². The van der Waals surface area contributed by atoms with Gasteiger partial charge in [-0.25, -0.2) is 9.69 Å². The monoisotopic (exact) mass is 450 g/mol. The highest BCUT2D eigenvalue weighted by Crippen LogP contribution is 2.58. The van der Waals surface area contributed by atoms with Crippen molar-refractivity contribution in [2.24, 2.45) is 11.8 Å². The number of nitrogens with zero attached hydrogens (tertiary/aromatic N) is 2. The minimum atomic E-state index is -1.40. The highest BCUT2D eigenvalue weighted by atomic mass is 16.5. The number of benzene rings is 2. The number of anilines is 1. The lowest BCUT2D eigenvalue weighted by molar-refractivity contribution is -0.154. The maximum Gasteiger partial charge on any atom is 0.332 e. The third-order valence-corrected chi connectivity index (χ3v) is 7.04. The fraction of sp³-hybridized carbons (Fsp3) is 0.400. The zero-order valence-electron chi connectivity index (χ0n) is 19.0. The summed E-state index contributed by atoms with van der Waals surface area (Å²) in [7, 11) is 1.55. The van der Waals surface area contributed by atoms with Crippen LogP contribution in [0.15, 0.2) is 42.5 Å². The van der Waals surface area contributed by atoms with Crippen molar-refractivity contribution >= 4 is 23.6 Å². The predicted molar refractivity (Wildman–Crippen MR) is 119 cm³/mol. The van der Waals surface area contributed by atoms with Crippen LogP contribution in [0.2, 0.25) is 0 Å². The number of fused-ring (bicyclic) bond motifs is 5. The van der Waals surface area contributed by atoms with Gasteiger partial charge in [-0.05, 0) is 51.1 Å². The van der Waals surface area contributed by atoms with Crippen molar-refractivity contribution in [2.45, 2.75) is 32.4 Å². The topological polar surface area (TPSA) is 85.4 Å². The van der Waals surface area contributed by atoms with Crippen LogP contribution in [-0.2, 0) is 14.3 Å². The molecule has 172 valence electrons. The lowest BCUT2D eigenvalue weighted by atomic mass is 9.77. The molecule has 5 rings (SSSR count). The average molecular weight is 450 g/mol. The van der Waals surface area contributed by atoms with Crippen LogP contribution < -0.4 is 14.4 Å². The van der Waals surface area contributed by atoms with E-state index in [-0.39, 0.29) is 13.2 Å². The first-order valence-corrected chi connectivity index (χ1v) is 11.0. The molecule has 3 amide bonds. The van der Waals surface area contributed by atoms with Crippen molar-refractivity contribution in [1.29, 1.82) is 0 Å². The molecule has 2 fully saturated rings. The number of hydrogen-bond donors (Lipinski definition) is 0. The molecule has 0 aromatic heterocycles. The van der Waals surface area contributed by atoms with E-state index in [0.717, 1.165) is 16.0 Å². The number of imide groups is 1. The van der Waals surface area contributed by atoms with Crippen LogP contribution in [0.5, 0.6) is 11.5 Å². The van der Waals surface area contributed by atoms with Gasteiger partial charge in [-0.2, -0.15) is 0 Å². The van der Waals surface area contributed by atoms with Gasteiger partial charge in [0.05, 0.1) is 38.0 Å². The van der Waals surface area contributed by atoms with Crippen molar-refractivity contribution in [3.63, 3.8) is 0 Å². The minimum absolute atomic E-state index is 0.184. The molecule has 0 spiro atoms. The van der Waals surface area contributed by atoms with Crippen LogP contribution in [0.4, 0.5) is 10.5 Å². The van der Waals surface area contributed by atoms with Gasteiger partial charge in [-0.1, -0.05) is 17.7 Å². The molecule has 33 heavy (non-hydrogen) atoms. The van der Waals surface area contributed by atoms with Gasteiger partial charge in [-0.15, -0.1) is 0 Å². The predicted octanol–water partition coefficient (Wildman–Crippen LogP) is 3.47. The number of ether oxygens (including phenoxy) is 3. The van der Waals surface area contributed by atoms with E-state index in [1.54, 1.807) is 50.1 Å². The third kappa shape index (κ3) is 2.86. The molecule has 0 aliphatic carbocycles. The van der Waals surface area contributed by atoms with Crippen molar-refractivity contribution in [2.75, 3.05) is 25.2 Å². The first-order chi connectivity index (χ1) is 15.8. The van der Waals surface area contributed by atoms with Crippen molar-refractivity contribution in [3.8, 4) is 11.5 Å². The number of esters is 1. The van der Waals surface area contributed by atoms with Crippen molar-refractivity contribution in [3.05, 3.63) is 53.6 Å². The standard InChI is InChI=1S/C25H26N2O6/c1-5-32-22(28)20-18-13-33-19-11-6-14(2)12-17(19)21(18)27-24(30)26(23(29)25(20,27)3)15-7-9-16(31-4)10-8-15/h6-12,18,20-21H,5,13H2,1-4H3. The number of aryl methyl sites for hydroxylation is 1. The molecule has 3 aliphatic heterocycles. The summed E-state index contributed by atoms with van der Waals surface area (Å²) in [5, 5.41) is 0. The molecule has 8 nitrogen and oxygen atoms in total. The average Bonchev–Trinajstić information content (AvgIpc) is 3.19. The molecule has 4 atom stereocenters. The van der Waals surface area contributed by atoms with Crippen LogP contribution in [0.3, 0.4) is 0 Å². The Kier molecular flexibility index (Phi) is 4.84. The number of hydrogen-bond acceptors (Lipinski definition) is 6. The number of rotatable bonds is 4. The van der Waals surface area contributed by atoms with Crippen LogP contribution >= 0.6 is 0 Å². The first-order valence-electron chi connectivity index (χ1n) is 11.0. The Bertz CT molecular complexity index is 1150. The number of carbonyl (C=O) groups is 3. The van der Waals surface area contributed by atoms with E-state index >= 15 is 0 Å². The van der Waals surface area contributed by atoms with Gasteiger partial charge in [0.25, 0.3) is 5.91 Å². The third-order valence-electron chi connectivity index (χ3n) is 7.04. The Balaban J connectivity index is 1.66. The Morgan fingerprint density at radius 1 is 1.18 bits per heavy atom. The number of urea groups is 1. The molecule has 2 aromatic carbocycles. The lowest BCUT2D eigenvalue weighted by Crippen LogP contribution is -2.51. The van der Waals surface area contributed by atoms with Gasteiger partial charge >= 0.3 is 12.0 Å². The van der Waals surface area contributed by atoms with E-state index in [9.17, 15) is 14.4 Å². The molecule has 8 heteroatoms. The molecule has 3 aliphatic rings. The largest absolute Gasteiger partial charge is 0.497 e. The summed E-state index contributed by atoms with van der Waals surface area (Å²) in [6, 6.07) is 11.6. The highest BCUT2D eigenvalue weighted by Gasteiger charge is 2.72. The minimum Gasteiger partial charge on any atom is -0.497 e. The lowest BCUT2D eigenvalue weighted by Gasteiger charge is -2.34.